The Hall–Kier alpha value is -1.19. The predicted molar refractivity (Wildman–Crippen MR) is 66.7 cm³/mol. The molecule has 0 saturated heterocycles. The molecule has 2 rings (SSSR count). The molecule has 0 aliphatic rings. The molecule has 1 aromatic carbocycles. The molecule has 1 unspecified atom stereocenters. The van der Waals surface area contributed by atoms with Crippen LogP contribution in [0.4, 0.5) is 0 Å². The van der Waals surface area contributed by atoms with Gasteiger partial charge in [-0.3, -0.25) is 0 Å². The molecular formula is C13H15NOS. The second-order valence-corrected chi connectivity index (χ2v) is 4.92. The van der Waals surface area contributed by atoms with E-state index in [0.29, 0.717) is 6.42 Å². The van der Waals surface area contributed by atoms with Gasteiger partial charge in [-0.25, -0.2) is 0 Å². The van der Waals surface area contributed by atoms with Crippen LogP contribution in [0.3, 0.4) is 0 Å². The Morgan fingerprint density at radius 1 is 1.25 bits per heavy atom. The highest BCUT2D eigenvalue weighted by molar-refractivity contribution is 7.05. The average molecular weight is 233 g/mol. The Morgan fingerprint density at radius 3 is 2.50 bits per heavy atom. The van der Waals surface area contributed by atoms with E-state index in [4.69, 9.17) is 0 Å². The van der Waals surface area contributed by atoms with Crippen molar-refractivity contribution in [3.63, 3.8) is 0 Å². The third kappa shape index (κ3) is 2.31. The normalized spacial score (nSPS) is 12.7. The third-order valence-corrected chi connectivity index (χ3v) is 3.55. The van der Waals surface area contributed by atoms with Crippen LogP contribution in [0.5, 0.6) is 0 Å². The van der Waals surface area contributed by atoms with Gasteiger partial charge in [0, 0.05) is 16.9 Å². The fraction of sp³-hybridized carbons (Fsp3) is 0.308. The number of aliphatic hydroxyl groups excluding tert-OH is 1. The summed E-state index contributed by atoms with van der Waals surface area (Å²) in [6, 6.07) is 10.0. The minimum atomic E-state index is -0.443. The van der Waals surface area contributed by atoms with E-state index in [0.717, 1.165) is 21.7 Å². The van der Waals surface area contributed by atoms with E-state index >= 15 is 0 Å². The molecule has 0 fully saturated rings. The molecule has 84 valence electrons. The lowest BCUT2D eigenvalue weighted by Gasteiger charge is -2.11. The van der Waals surface area contributed by atoms with Crippen molar-refractivity contribution in [3.8, 4) is 0 Å². The van der Waals surface area contributed by atoms with Gasteiger partial charge in [0.2, 0.25) is 0 Å². The monoisotopic (exact) mass is 233 g/mol. The Morgan fingerprint density at radius 2 is 1.94 bits per heavy atom. The SMILES string of the molecule is Cc1nsc(C)c1C(O)Cc1ccccc1. The van der Waals surface area contributed by atoms with Gasteiger partial charge in [0.25, 0.3) is 0 Å². The molecule has 3 heteroatoms. The van der Waals surface area contributed by atoms with Crippen molar-refractivity contribution in [1.29, 1.82) is 0 Å². The highest BCUT2D eigenvalue weighted by atomic mass is 32.1. The van der Waals surface area contributed by atoms with Crippen LogP contribution in [0.25, 0.3) is 0 Å². The van der Waals surface area contributed by atoms with Crippen molar-refractivity contribution in [2.45, 2.75) is 26.4 Å². The predicted octanol–water partition coefficient (Wildman–Crippen LogP) is 3.04. The zero-order chi connectivity index (χ0) is 11.5. The van der Waals surface area contributed by atoms with E-state index in [-0.39, 0.29) is 0 Å². The van der Waals surface area contributed by atoms with Crippen LogP contribution in [-0.2, 0) is 6.42 Å². The van der Waals surface area contributed by atoms with E-state index in [1.807, 2.05) is 44.2 Å². The number of hydrogen-bond acceptors (Lipinski definition) is 3. The number of aliphatic hydroxyl groups is 1. The maximum Gasteiger partial charge on any atom is 0.0859 e. The van der Waals surface area contributed by atoms with Crippen LogP contribution in [0, 0.1) is 13.8 Å². The molecule has 1 aromatic heterocycles. The van der Waals surface area contributed by atoms with Crippen molar-refractivity contribution in [2.24, 2.45) is 0 Å². The highest BCUT2D eigenvalue weighted by Gasteiger charge is 2.16. The first-order valence-electron chi connectivity index (χ1n) is 5.33. The smallest absolute Gasteiger partial charge is 0.0859 e. The second-order valence-electron chi connectivity index (χ2n) is 3.94. The van der Waals surface area contributed by atoms with E-state index in [1.165, 1.54) is 11.5 Å². The Bertz CT molecular complexity index is 445. The van der Waals surface area contributed by atoms with Crippen molar-refractivity contribution in [2.75, 3.05) is 0 Å². The highest BCUT2D eigenvalue weighted by Crippen LogP contribution is 2.26. The number of aromatic nitrogens is 1. The summed E-state index contributed by atoms with van der Waals surface area (Å²) in [5.41, 5.74) is 3.10. The molecule has 1 atom stereocenters. The molecule has 0 aliphatic heterocycles. The van der Waals surface area contributed by atoms with Crippen LogP contribution in [-0.4, -0.2) is 9.48 Å². The minimum absolute atomic E-state index is 0.443. The van der Waals surface area contributed by atoms with E-state index < -0.39 is 6.10 Å². The molecular weight excluding hydrogens is 218 g/mol. The number of rotatable bonds is 3. The number of hydrogen-bond donors (Lipinski definition) is 1. The summed E-state index contributed by atoms with van der Waals surface area (Å²) >= 11 is 1.46. The van der Waals surface area contributed by atoms with Crippen LogP contribution in [0.1, 0.15) is 27.8 Å². The molecule has 2 nitrogen and oxygen atoms in total. The lowest BCUT2D eigenvalue weighted by Crippen LogP contribution is -2.03. The number of nitrogens with zero attached hydrogens (tertiary/aromatic N) is 1. The van der Waals surface area contributed by atoms with Gasteiger partial charge in [-0.2, -0.15) is 4.37 Å². The molecule has 0 amide bonds. The first-order chi connectivity index (χ1) is 7.68. The molecule has 0 bridgehead atoms. The van der Waals surface area contributed by atoms with Crippen molar-refractivity contribution in [1.82, 2.24) is 4.37 Å². The van der Waals surface area contributed by atoms with Gasteiger partial charge in [-0.15, -0.1) is 0 Å². The Kier molecular flexibility index (Phi) is 3.36. The summed E-state index contributed by atoms with van der Waals surface area (Å²) in [7, 11) is 0. The van der Waals surface area contributed by atoms with Gasteiger partial charge in [0.15, 0.2) is 0 Å². The lowest BCUT2D eigenvalue weighted by molar-refractivity contribution is 0.177. The van der Waals surface area contributed by atoms with Crippen molar-refractivity contribution >= 4 is 11.5 Å². The largest absolute Gasteiger partial charge is 0.388 e. The molecule has 0 aliphatic carbocycles. The van der Waals surface area contributed by atoms with Crippen molar-refractivity contribution in [3.05, 3.63) is 52.0 Å². The van der Waals surface area contributed by atoms with Gasteiger partial charge >= 0.3 is 0 Å². The standard InChI is InChI=1S/C13H15NOS/c1-9-13(10(2)16-14-9)12(15)8-11-6-4-3-5-7-11/h3-7,12,15H,8H2,1-2H3. The molecule has 1 heterocycles. The van der Waals surface area contributed by atoms with Crippen LogP contribution >= 0.6 is 11.5 Å². The zero-order valence-corrected chi connectivity index (χ0v) is 10.3. The van der Waals surface area contributed by atoms with E-state index in [1.54, 1.807) is 0 Å². The number of aryl methyl sites for hydroxylation is 2. The summed E-state index contributed by atoms with van der Waals surface area (Å²) in [6.07, 6.45) is 0.210. The fourth-order valence-electron chi connectivity index (χ4n) is 1.91. The van der Waals surface area contributed by atoms with Gasteiger partial charge in [-0.1, -0.05) is 30.3 Å². The van der Waals surface area contributed by atoms with Gasteiger partial charge in [0.05, 0.1) is 11.8 Å². The topological polar surface area (TPSA) is 33.1 Å². The summed E-state index contributed by atoms with van der Waals surface area (Å²) in [6.45, 7) is 3.96. The van der Waals surface area contributed by atoms with E-state index in [2.05, 4.69) is 4.37 Å². The molecule has 0 spiro atoms. The zero-order valence-electron chi connectivity index (χ0n) is 9.47. The van der Waals surface area contributed by atoms with Gasteiger partial charge in [-0.05, 0) is 30.9 Å². The van der Waals surface area contributed by atoms with Gasteiger partial charge < -0.3 is 5.11 Å². The number of benzene rings is 1. The maximum absolute atomic E-state index is 10.2. The third-order valence-electron chi connectivity index (χ3n) is 2.69. The summed E-state index contributed by atoms with van der Waals surface area (Å²) in [4.78, 5) is 1.11. The minimum Gasteiger partial charge on any atom is -0.388 e. The maximum atomic E-state index is 10.2. The molecule has 16 heavy (non-hydrogen) atoms. The van der Waals surface area contributed by atoms with Crippen molar-refractivity contribution < 1.29 is 5.11 Å². The lowest BCUT2D eigenvalue weighted by atomic mass is 10.0. The molecule has 0 radical (unpaired) electrons. The van der Waals surface area contributed by atoms with Crippen LogP contribution in [0.2, 0.25) is 0 Å². The second kappa shape index (κ2) is 4.76. The fourth-order valence-corrected chi connectivity index (χ4v) is 2.66. The Labute approximate surface area is 99.7 Å². The Balaban J connectivity index is 2.18. The molecule has 2 aromatic rings. The molecule has 1 N–H and O–H groups in total. The average Bonchev–Trinajstić information content (AvgIpc) is 2.60. The summed E-state index contributed by atoms with van der Waals surface area (Å²) in [5, 5.41) is 10.2. The van der Waals surface area contributed by atoms with E-state index in [9.17, 15) is 5.11 Å². The first kappa shape index (κ1) is 11.3. The van der Waals surface area contributed by atoms with Crippen LogP contribution in [0.15, 0.2) is 30.3 Å². The molecule has 0 saturated carbocycles. The van der Waals surface area contributed by atoms with Gasteiger partial charge in [0.1, 0.15) is 0 Å². The quantitative estimate of drug-likeness (QED) is 0.884. The summed E-state index contributed by atoms with van der Waals surface area (Å²) in [5.74, 6) is 0. The van der Waals surface area contributed by atoms with Crippen LogP contribution < -0.4 is 0 Å². The first-order valence-corrected chi connectivity index (χ1v) is 6.10. The summed E-state index contributed by atoms with van der Waals surface area (Å²) < 4.78 is 4.26.